The molecule has 0 aliphatic heterocycles. The monoisotopic (exact) mass is 360 g/mol. The van der Waals surface area contributed by atoms with Gasteiger partial charge in [0.1, 0.15) is 0 Å². The molecule has 0 spiro atoms. The van der Waals surface area contributed by atoms with Crippen molar-refractivity contribution in [2.75, 3.05) is 7.11 Å². The summed E-state index contributed by atoms with van der Waals surface area (Å²) in [7, 11) is 1.51. The Morgan fingerprint density at radius 2 is 1.33 bits per heavy atom. The summed E-state index contributed by atoms with van der Waals surface area (Å²) < 4.78 is 9.56. The van der Waals surface area contributed by atoms with Crippen LogP contribution in [0.25, 0.3) is 0 Å². The Kier molecular flexibility index (Phi) is 5.88. The maximum absolute atomic E-state index is 12.0. The van der Waals surface area contributed by atoms with Crippen LogP contribution >= 0.6 is 0 Å². The first kappa shape index (κ1) is 15.7. The van der Waals surface area contributed by atoms with Crippen LogP contribution in [0, 0.1) is 0 Å². The summed E-state index contributed by atoms with van der Waals surface area (Å²) in [6.07, 6.45) is 3.33. The van der Waals surface area contributed by atoms with Crippen LogP contribution in [0.5, 0.6) is 5.75 Å². The van der Waals surface area contributed by atoms with E-state index in [9.17, 15) is 9.59 Å². The van der Waals surface area contributed by atoms with E-state index in [1.807, 2.05) is 0 Å². The van der Waals surface area contributed by atoms with Gasteiger partial charge in [-0.3, -0.25) is 0 Å². The quantitative estimate of drug-likeness (QED) is 0.528. The SMILES string of the molecule is CC[CH2][Sn]([CH2]CC)([CH2]CC)[c]1c(OC)c(=O)c1=O. The topological polar surface area (TPSA) is 43.4 Å². The van der Waals surface area contributed by atoms with Crippen LogP contribution in [0.15, 0.2) is 9.59 Å². The van der Waals surface area contributed by atoms with Crippen LogP contribution in [0.4, 0.5) is 0 Å². The second-order valence-electron chi connectivity index (χ2n) is 5.10. The van der Waals surface area contributed by atoms with Gasteiger partial charge >= 0.3 is 113 Å². The van der Waals surface area contributed by atoms with Crippen LogP contribution in [0.1, 0.15) is 40.0 Å². The zero-order chi connectivity index (χ0) is 13.8. The van der Waals surface area contributed by atoms with Crippen molar-refractivity contribution < 1.29 is 4.74 Å². The Morgan fingerprint density at radius 3 is 1.67 bits per heavy atom. The summed E-state index contributed by atoms with van der Waals surface area (Å²) >= 11 is -2.67. The Morgan fingerprint density at radius 1 is 0.889 bits per heavy atom. The second-order valence-corrected chi connectivity index (χ2v) is 18.1. The molecule has 3 nitrogen and oxygen atoms in total. The molecule has 102 valence electrons. The van der Waals surface area contributed by atoms with Gasteiger partial charge in [-0.25, -0.2) is 0 Å². The number of ether oxygens (including phenoxy) is 1. The number of hydrogen-bond donors (Lipinski definition) is 0. The molecular formula is C14H24O3Sn. The van der Waals surface area contributed by atoms with Crippen molar-refractivity contribution in [1.29, 1.82) is 0 Å². The fraction of sp³-hybridized carbons (Fsp3) is 0.714. The van der Waals surface area contributed by atoms with Gasteiger partial charge in [-0.2, -0.15) is 0 Å². The fourth-order valence-electron chi connectivity index (χ4n) is 3.23. The Labute approximate surface area is 113 Å². The minimum absolute atomic E-state index is 0.224. The summed E-state index contributed by atoms with van der Waals surface area (Å²) in [5.41, 5.74) is -0.616. The molecule has 0 fully saturated rings. The molecule has 0 N–H and O–H groups in total. The molecule has 0 aliphatic carbocycles. The molecule has 0 aliphatic rings. The molecular weight excluding hydrogens is 335 g/mol. The predicted molar refractivity (Wildman–Crippen MR) is 78.6 cm³/mol. The molecule has 4 heteroatoms. The third-order valence-electron chi connectivity index (χ3n) is 3.79. The third kappa shape index (κ3) is 2.65. The average Bonchev–Trinajstić information content (AvgIpc) is 2.35. The van der Waals surface area contributed by atoms with E-state index in [-0.39, 0.29) is 5.43 Å². The van der Waals surface area contributed by atoms with Gasteiger partial charge in [-0.05, 0) is 0 Å². The molecule has 18 heavy (non-hydrogen) atoms. The molecule has 0 unspecified atom stereocenters. The summed E-state index contributed by atoms with van der Waals surface area (Å²) in [5.74, 6) is 0.408. The molecule has 0 bridgehead atoms. The number of hydrogen-bond acceptors (Lipinski definition) is 3. The van der Waals surface area contributed by atoms with E-state index in [2.05, 4.69) is 20.8 Å². The van der Waals surface area contributed by atoms with Crippen LogP contribution in [-0.2, 0) is 0 Å². The van der Waals surface area contributed by atoms with Crippen LogP contribution < -0.4 is 19.2 Å². The molecule has 0 amide bonds. The number of methoxy groups -OCH3 is 1. The number of rotatable bonds is 8. The van der Waals surface area contributed by atoms with E-state index >= 15 is 0 Å². The van der Waals surface area contributed by atoms with Gasteiger partial charge in [0.2, 0.25) is 0 Å². The molecule has 0 heterocycles. The Balaban J connectivity index is 3.27. The summed E-state index contributed by atoms with van der Waals surface area (Å²) in [6, 6.07) is 0. The van der Waals surface area contributed by atoms with Gasteiger partial charge in [-0.15, -0.1) is 0 Å². The van der Waals surface area contributed by atoms with Crippen molar-refractivity contribution in [3.05, 3.63) is 20.4 Å². The molecule has 0 aromatic heterocycles. The van der Waals surface area contributed by atoms with E-state index in [1.54, 1.807) is 0 Å². The first-order valence-corrected chi connectivity index (χ1v) is 14.4. The van der Waals surface area contributed by atoms with Crippen LogP contribution in [0.3, 0.4) is 0 Å². The minimum atomic E-state index is -2.67. The Bertz CT molecular complexity index is 441. The normalized spacial score (nSPS) is 12.0. The zero-order valence-corrected chi connectivity index (χ0v) is 14.8. The Hall–Kier alpha value is -0.321. The van der Waals surface area contributed by atoms with Gasteiger partial charge in [0.15, 0.2) is 0 Å². The van der Waals surface area contributed by atoms with E-state index in [1.165, 1.54) is 7.11 Å². The first-order chi connectivity index (χ1) is 8.57. The van der Waals surface area contributed by atoms with Gasteiger partial charge in [0.05, 0.1) is 0 Å². The van der Waals surface area contributed by atoms with Crippen molar-refractivity contribution in [2.24, 2.45) is 0 Å². The predicted octanol–water partition coefficient (Wildman–Crippen LogP) is 2.18. The molecule has 1 aromatic carbocycles. The molecule has 1 aromatic rings. The van der Waals surface area contributed by atoms with E-state index in [4.69, 9.17) is 4.74 Å². The van der Waals surface area contributed by atoms with Crippen molar-refractivity contribution in [3.63, 3.8) is 0 Å². The standard InChI is InChI=1S/C5H3O3.3C3H7.Sn/c1-8-4-2-3(6)5(4)7;3*1-3-2;/h1H3;3*1,3H2,2H3;. The molecule has 0 radical (unpaired) electrons. The third-order valence-corrected chi connectivity index (χ3v) is 20.6. The summed E-state index contributed by atoms with van der Waals surface area (Å²) in [4.78, 5) is 23.5. The molecule has 1 rings (SSSR count). The van der Waals surface area contributed by atoms with Gasteiger partial charge in [-0.1, -0.05) is 0 Å². The van der Waals surface area contributed by atoms with Crippen molar-refractivity contribution in [1.82, 2.24) is 0 Å². The molecule has 0 saturated heterocycles. The van der Waals surface area contributed by atoms with Crippen molar-refractivity contribution in [2.45, 2.75) is 53.3 Å². The van der Waals surface area contributed by atoms with Gasteiger partial charge in [0, 0.05) is 0 Å². The van der Waals surface area contributed by atoms with Crippen molar-refractivity contribution >= 4 is 22.0 Å². The van der Waals surface area contributed by atoms with Crippen LogP contribution in [-0.4, -0.2) is 25.5 Å². The average molecular weight is 359 g/mol. The molecule has 0 atom stereocenters. The van der Waals surface area contributed by atoms with E-state index in [0.717, 1.165) is 36.2 Å². The van der Waals surface area contributed by atoms with E-state index < -0.39 is 23.8 Å². The fourth-order valence-corrected chi connectivity index (χ4v) is 19.4. The van der Waals surface area contributed by atoms with E-state index in [0.29, 0.717) is 5.75 Å². The van der Waals surface area contributed by atoms with Gasteiger partial charge < -0.3 is 0 Å². The van der Waals surface area contributed by atoms with Crippen LogP contribution in [0.2, 0.25) is 13.3 Å². The summed E-state index contributed by atoms with van der Waals surface area (Å²) in [6.45, 7) is 6.53. The summed E-state index contributed by atoms with van der Waals surface area (Å²) in [5, 5.41) is 0. The zero-order valence-electron chi connectivity index (χ0n) is 12.0. The van der Waals surface area contributed by atoms with Gasteiger partial charge in [0.25, 0.3) is 0 Å². The van der Waals surface area contributed by atoms with Crippen molar-refractivity contribution in [3.8, 4) is 5.75 Å². The second kappa shape index (κ2) is 6.73. The maximum atomic E-state index is 12.0. The first-order valence-electron chi connectivity index (χ1n) is 6.95. The molecule has 0 saturated carbocycles.